The third-order valence-corrected chi connectivity index (χ3v) is 1.83. The molecule has 0 unspecified atom stereocenters. The van der Waals surface area contributed by atoms with E-state index >= 15 is 0 Å². The van der Waals surface area contributed by atoms with Gasteiger partial charge < -0.3 is 0 Å². The van der Waals surface area contributed by atoms with E-state index in [1.165, 1.54) is 6.33 Å². The molecular weight excluding hydrogens is 202 g/mol. The second-order valence-corrected chi connectivity index (χ2v) is 2.68. The first-order chi connectivity index (χ1) is 6.83. The van der Waals surface area contributed by atoms with Crippen LogP contribution in [0.15, 0.2) is 6.33 Å². The molecule has 0 aliphatic heterocycles. The van der Waals surface area contributed by atoms with Crippen molar-refractivity contribution in [1.29, 1.82) is 5.26 Å². The zero-order chi connectivity index (χ0) is 9.97. The van der Waals surface area contributed by atoms with Crippen molar-refractivity contribution in [3.8, 4) is 17.9 Å². The molecule has 0 radical (unpaired) electrons. The van der Waals surface area contributed by atoms with Crippen LogP contribution in [-0.2, 0) is 0 Å². The van der Waals surface area contributed by atoms with Gasteiger partial charge in [-0.25, -0.2) is 9.97 Å². The number of nitrogens with zero attached hydrogens (tertiary/aromatic N) is 4. The van der Waals surface area contributed by atoms with Crippen LogP contribution in [-0.4, -0.2) is 20.2 Å². The van der Waals surface area contributed by atoms with E-state index in [2.05, 4.69) is 32.0 Å². The number of hydrogen-bond acceptors (Lipinski definition) is 4. The van der Waals surface area contributed by atoms with Crippen LogP contribution in [0.25, 0.3) is 11.0 Å². The van der Waals surface area contributed by atoms with Crippen LogP contribution in [0.5, 0.6) is 0 Å². The lowest BCUT2D eigenvalue weighted by atomic mass is 10.3. The summed E-state index contributed by atoms with van der Waals surface area (Å²) in [5.74, 6) is 4.80. The standard InChI is InChI=1S/C8H2ClN5/c9-7-6-5(2-1-3-10)13-14-8(6)12-4-11-7/h4H,(H,11,12,13,14). The molecule has 0 aliphatic rings. The zero-order valence-corrected chi connectivity index (χ0v) is 7.50. The number of fused-ring (bicyclic) bond motifs is 1. The molecule has 0 fully saturated rings. The first-order valence-corrected chi connectivity index (χ1v) is 3.95. The van der Waals surface area contributed by atoms with Crippen molar-refractivity contribution in [2.45, 2.75) is 0 Å². The van der Waals surface area contributed by atoms with Gasteiger partial charge in [0.25, 0.3) is 0 Å². The Balaban J connectivity index is 2.75. The number of aromatic amines is 1. The first kappa shape index (κ1) is 8.49. The predicted molar refractivity (Wildman–Crippen MR) is 49.2 cm³/mol. The summed E-state index contributed by atoms with van der Waals surface area (Å²) in [5, 5.41) is 15.6. The lowest BCUT2D eigenvalue weighted by Crippen LogP contribution is -1.81. The van der Waals surface area contributed by atoms with Crippen molar-refractivity contribution in [1.82, 2.24) is 20.2 Å². The second-order valence-electron chi connectivity index (χ2n) is 2.32. The molecule has 1 N–H and O–H groups in total. The minimum absolute atomic E-state index is 0.269. The van der Waals surface area contributed by atoms with E-state index in [0.29, 0.717) is 16.7 Å². The van der Waals surface area contributed by atoms with E-state index < -0.39 is 0 Å². The zero-order valence-electron chi connectivity index (χ0n) is 6.74. The Morgan fingerprint density at radius 1 is 1.43 bits per heavy atom. The Morgan fingerprint density at radius 2 is 2.29 bits per heavy atom. The number of nitriles is 1. The smallest absolute Gasteiger partial charge is 0.186 e. The van der Waals surface area contributed by atoms with Crippen LogP contribution in [0.1, 0.15) is 5.69 Å². The molecule has 0 amide bonds. The molecule has 0 atom stereocenters. The van der Waals surface area contributed by atoms with Gasteiger partial charge in [-0.3, -0.25) is 5.10 Å². The van der Waals surface area contributed by atoms with E-state index in [1.807, 2.05) is 0 Å². The fourth-order valence-corrected chi connectivity index (χ4v) is 1.22. The summed E-state index contributed by atoms with van der Waals surface area (Å²) in [4.78, 5) is 7.67. The normalized spacial score (nSPS) is 9.14. The molecule has 0 bridgehead atoms. The maximum atomic E-state index is 8.28. The van der Waals surface area contributed by atoms with Gasteiger partial charge in [-0.2, -0.15) is 10.4 Å². The van der Waals surface area contributed by atoms with Crippen LogP contribution in [0, 0.1) is 23.2 Å². The molecule has 5 nitrogen and oxygen atoms in total. The minimum atomic E-state index is 0.269. The highest BCUT2D eigenvalue weighted by atomic mass is 35.5. The van der Waals surface area contributed by atoms with Crippen LogP contribution in [0.3, 0.4) is 0 Å². The first-order valence-electron chi connectivity index (χ1n) is 3.57. The molecule has 0 saturated carbocycles. The van der Waals surface area contributed by atoms with Crippen molar-refractivity contribution in [3.63, 3.8) is 0 Å². The van der Waals surface area contributed by atoms with Gasteiger partial charge in [-0.15, -0.1) is 0 Å². The highest BCUT2D eigenvalue weighted by Crippen LogP contribution is 2.19. The number of halogens is 1. The highest BCUT2D eigenvalue weighted by molar-refractivity contribution is 6.34. The summed E-state index contributed by atoms with van der Waals surface area (Å²) >= 11 is 5.82. The van der Waals surface area contributed by atoms with Gasteiger partial charge in [0.2, 0.25) is 0 Å². The van der Waals surface area contributed by atoms with E-state index in [4.69, 9.17) is 16.9 Å². The predicted octanol–water partition coefficient (Wildman–Crippen LogP) is 0.881. The minimum Gasteiger partial charge on any atom is -0.267 e. The van der Waals surface area contributed by atoms with Crippen LogP contribution in [0.4, 0.5) is 0 Å². The van der Waals surface area contributed by atoms with Crippen molar-refractivity contribution in [2.75, 3.05) is 0 Å². The van der Waals surface area contributed by atoms with Crippen LogP contribution in [0.2, 0.25) is 5.15 Å². The molecule has 6 heteroatoms. The number of aromatic nitrogens is 4. The number of hydrogen-bond donors (Lipinski definition) is 1. The molecule has 0 aromatic carbocycles. The average Bonchev–Trinajstić information content (AvgIpc) is 2.59. The Kier molecular flexibility index (Phi) is 2.02. The number of H-pyrrole nitrogens is 1. The van der Waals surface area contributed by atoms with Crippen LogP contribution >= 0.6 is 11.6 Å². The second kappa shape index (κ2) is 3.33. The third kappa shape index (κ3) is 1.26. The van der Waals surface area contributed by atoms with Gasteiger partial charge in [0.1, 0.15) is 17.2 Å². The van der Waals surface area contributed by atoms with E-state index in [9.17, 15) is 0 Å². The monoisotopic (exact) mass is 203 g/mol. The lowest BCUT2D eigenvalue weighted by Gasteiger charge is -1.89. The molecular formula is C8H2ClN5. The van der Waals surface area contributed by atoms with Crippen molar-refractivity contribution in [3.05, 3.63) is 17.2 Å². The Bertz CT molecular complexity index is 583. The van der Waals surface area contributed by atoms with E-state index in [0.717, 1.165) is 0 Å². The summed E-state index contributed by atoms with van der Waals surface area (Å²) in [6.07, 6.45) is 1.31. The summed E-state index contributed by atoms with van der Waals surface area (Å²) in [6.45, 7) is 0. The molecule has 2 rings (SSSR count). The van der Waals surface area contributed by atoms with Gasteiger partial charge in [-0.1, -0.05) is 11.6 Å². The summed E-state index contributed by atoms with van der Waals surface area (Å²) in [5.41, 5.74) is 0.888. The van der Waals surface area contributed by atoms with E-state index in [1.54, 1.807) is 6.07 Å². The molecule has 0 spiro atoms. The fraction of sp³-hybridized carbons (Fsp3) is 0. The Labute approximate surface area is 83.7 Å². The molecule has 0 saturated heterocycles. The maximum Gasteiger partial charge on any atom is 0.186 e. The molecule has 2 aromatic rings. The van der Waals surface area contributed by atoms with Crippen molar-refractivity contribution in [2.24, 2.45) is 0 Å². The van der Waals surface area contributed by atoms with Gasteiger partial charge in [-0.05, 0) is 5.92 Å². The number of nitrogens with one attached hydrogen (secondary N) is 1. The molecule has 2 aromatic heterocycles. The largest absolute Gasteiger partial charge is 0.267 e. The molecule has 2 heterocycles. The Hall–Kier alpha value is -2.11. The SMILES string of the molecule is N#CC#Cc1[nH]nc2ncnc(Cl)c12. The van der Waals surface area contributed by atoms with Gasteiger partial charge in [0.15, 0.2) is 11.7 Å². The van der Waals surface area contributed by atoms with Gasteiger partial charge in [0, 0.05) is 5.92 Å². The lowest BCUT2D eigenvalue weighted by molar-refractivity contribution is 1.08. The van der Waals surface area contributed by atoms with Crippen molar-refractivity contribution < 1.29 is 0 Å². The topological polar surface area (TPSA) is 78.2 Å². The molecule has 14 heavy (non-hydrogen) atoms. The molecule has 66 valence electrons. The number of rotatable bonds is 0. The van der Waals surface area contributed by atoms with Gasteiger partial charge >= 0.3 is 0 Å². The average molecular weight is 204 g/mol. The Morgan fingerprint density at radius 3 is 3.07 bits per heavy atom. The highest BCUT2D eigenvalue weighted by Gasteiger charge is 2.08. The summed E-state index contributed by atoms with van der Waals surface area (Å²) in [6, 6.07) is 1.70. The third-order valence-electron chi connectivity index (χ3n) is 1.55. The quantitative estimate of drug-likeness (QED) is 0.509. The van der Waals surface area contributed by atoms with Crippen molar-refractivity contribution >= 4 is 22.6 Å². The maximum absolute atomic E-state index is 8.28. The van der Waals surface area contributed by atoms with Gasteiger partial charge in [0.05, 0.1) is 5.39 Å². The van der Waals surface area contributed by atoms with Crippen LogP contribution < -0.4 is 0 Å². The molecule has 0 aliphatic carbocycles. The summed E-state index contributed by atoms with van der Waals surface area (Å²) < 4.78 is 0. The van der Waals surface area contributed by atoms with E-state index in [-0.39, 0.29) is 5.15 Å². The summed E-state index contributed by atoms with van der Waals surface area (Å²) in [7, 11) is 0. The fourth-order valence-electron chi connectivity index (χ4n) is 1.00.